The van der Waals surface area contributed by atoms with Gasteiger partial charge in [0.2, 0.25) is 5.91 Å². The van der Waals surface area contributed by atoms with Crippen LogP contribution in [0.2, 0.25) is 0 Å². The van der Waals surface area contributed by atoms with Gasteiger partial charge in [-0.1, -0.05) is 38.1 Å². The van der Waals surface area contributed by atoms with Gasteiger partial charge in [-0.25, -0.2) is 0 Å². The number of ether oxygens (including phenoxy) is 1. The molecule has 0 atom stereocenters. The van der Waals surface area contributed by atoms with E-state index in [1.165, 1.54) is 0 Å². The molecule has 6 nitrogen and oxygen atoms in total. The number of nitrogens with zero attached hydrogens (tertiary/aromatic N) is 1. The summed E-state index contributed by atoms with van der Waals surface area (Å²) in [6, 6.07) is 12.8. The third-order valence-electron chi connectivity index (χ3n) is 4.42. The zero-order valence-corrected chi connectivity index (χ0v) is 19.9. The zero-order valence-electron chi connectivity index (χ0n) is 17.5. The third kappa shape index (κ3) is 5.98. The SMILES string of the molecule is Cc1ccccc1NC(=O)CN1C(=O)S/C(=C/c2ccc(OCC(C)C)c(Br)c2)C1=O. The highest BCUT2D eigenvalue weighted by molar-refractivity contribution is 9.10. The molecule has 8 heteroatoms. The van der Waals surface area contributed by atoms with E-state index in [4.69, 9.17) is 4.74 Å². The number of para-hydroxylation sites is 1. The molecule has 31 heavy (non-hydrogen) atoms. The van der Waals surface area contributed by atoms with E-state index in [0.717, 1.165) is 32.3 Å². The van der Waals surface area contributed by atoms with E-state index in [2.05, 4.69) is 35.1 Å². The number of imide groups is 1. The highest BCUT2D eigenvalue weighted by Gasteiger charge is 2.36. The molecule has 3 rings (SSSR count). The number of rotatable bonds is 7. The monoisotopic (exact) mass is 502 g/mol. The van der Waals surface area contributed by atoms with Crippen LogP contribution >= 0.6 is 27.7 Å². The standard InChI is InChI=1S/C23H23BrN2O4S/c1-14(2)13-30-19-9-8-16(10-17(19)24)11-20-22(28)26(23(29)31-20)12-21(27)25-18-7-5-4-6-15(18)3/h4-11,14H,12-13H2,1-3H3,(H,25,27)/b20-11+. The molecule has 1 aliphatic heterocycles. The maximum atomic E-state index is 12.7. The summed E-state index contributed by atoms with van der Waals surface area (Å²) < 4.78 is 6.50. The lowest BCUT2D eigenvalue weighted by Gasteiger charge is -2.13. The molecule has 1 fully saturated rings. The van der Waals surface area contributed by atoms with E-state index in [1.807, 2.05) is 43.3 Å². The normalized spacial score (nSPS) is 15.1. The Kier molecular flexibility index (Phi) is 7.56. The third-order valence-corrected chi connectivity index (χ3v) is 5.95. The van der Waals surface area contributed by atoms with Crippen LogP contribution in [0.15, 0.2) is 51.8 Å². The Morgan fingerprint density at radius 3 is 2.65 bits per heavy atom. The number of hydrogen-bond donors (Lipinski definition) is 1. The minimum absolute atomic E-state index is 0.274. The Hall–Kier alpha value is -2.58. The molecule has 0 aromatic heterocycles. The Labute approximate surface area is 194 Å². The Morgan fingerprint density at radius 2 is 1.97 bits per heavy atom. The van der Waals surface area contributed by atoms with Crippen molar-refractivity contribution in [1.29, 1.82) is 0 Å². The maximum Gasteiger partial charge on any atom is 0.294 e. The minimum atomic E-state index is -0.480. The van der Waals surface area contributed by atoms with E-state index >= 15 is 0 Å². The Balaban J connectivity index is 1.68. The number of thioether (sulfide) groups is 1. The molecule has 0 aliphatic carbocycles. The highest BCUT2D eigenvalue weighted by Crippen LogP contribution is 2.34. The summed E-state index contributed by atoms with van der Waals surface area (Å²) in [5.41, 5.74) is 2.30. The van der Waals surface area contributed by atoms with Crippen LogP contribution < -0.4 is 10.1 Å². The summed E-state index contributed by atoms with van der Waals surface area (Å²) in [4.78, 5) is 38.6. The van der Waals surface area contributed by atoms with Crippen LogP contribution in [0.4, 0.5) is 10.5 Å². The first-order valence-corrected chi connectivity index (χ1v) is 11.4. The van der Waals surface area contributed by atoms with Gasteiger partial charge >= 0.3 is 0 Å². The number of aryl methyl sites for hydroxylation is 1. The predicted molar refractivity (Wildman–Crippen MR) is 127 cm³/mol. The average molecular weight is 503 g/mol. The van der Waals surface area contributed by atoms with Crippen LogP contribution in [0, 0.1) is 12.8 Å². The summed E-state index contributed by atoms with van der Waals surface area (Å²) in [5, 5.41) is 2.28. The van der Waals surface area contributed by atoms with E-state index in [-0.39, 0.29) is 11.4 Å². The quantitative estimate of drug-likeness (QED) is 0.508. The van der Waals surface area contributed by atoms with Crippen LogP contribution in [0.5, 0.6) is 5.75 Å². The van der Waals surface area contributed by atoms with Gasteiger partial charge in [0, 0.05) is 5.69 Å². The van der Waals surface area contributed by atoms with Crippen LogP contribution in [0.3, 0.4) is 0 Å². The number of carbonyl (C=O) groups is 3. The lowest BCUT2D eigenvalue weighted by Crippen LogP contribution is -2.36. The van der Waals surface area contributed by atoms with Crippen LogP contribution in [0.25, 0.3) is 6.08 Å². The molecule has 0 saturated carbocycles. The van der Waals surface area contributed by atoms with Crippen molar-refractivity contribution >= 4 is 56.5 Å². The van der Waals surface area contributed by atoms with Gasteiger partial charge in [-0.05, 0) is 75.9 Å². The maximum absolute atomic E-state index is 12.7. The second-order valence-electron chi connectivity index (χ2n) is 7.53. The topological polar surface area (TPSA) is 75.7 Å². The molecule has 1 aliphatic rings. The van der Waals surface area contributed by atoms with Crippen LogP contribution in [-0.2, 0) is 9.59 Å². The lowest BCUT2D eigenvalue weighted by atomic mass is 10.2. The van der Waals surface area contributed by atoms with Crippen molar-refractivity contribution in [3.63, 3.8) is 0 Å². The van der Waals surface area contributed by atoms with E-state index in [1.54, 1.807) is 12.1 Å². The molecule has 162 valence electrons. The summed E-state index contributed by atoms with van der Waals surface area (Å²) in [6.45, 7) is 6.28. The van der Waals surface area contributed by atoms with E-state index in [9.17, 15) is 14.4 Å². The molecule has 3 amide bonds. The van der Waals surface area contributed by atoms with Crippen molar-refractivity contribution in [1.82, 2.24) is 4.90 Å². The molecule has 0 unspecified atom stereocenters. The first-order valence-electron chi connectivity index (χ1n) is 9.78. The van der Waals surface area contributed by atoms with E-state index in [0.29, 0.717) is 24.0 Å². The molecule has 0 radical (unpaired) electrons. The van der Waals surface area contributed by atoms with Gasteiger partial charge in [0.1, 0.15) is 12.3 Å². The molecule has 0 spiro atoms. The van der Waals surface area contributed by atoms with Crippen LogP contribution in [0.1, 0.15) is 25.0 Å². The van der Waals surface area contributed by atoms with Gasteiger partial charge in [0.15, 0.2) is 0 Å². The number of benzene rings is 2. The second kappa shape index (κ2) is 10.2. The largest absolute Gasteiger partial charge is 0.492 e. The highest BCUT2D eigenvalue weighted by atomic mass is 79.9. The van der Waals surface area contributed by atoms with Crippen molar-refractivity contribution in [3.8, 4) is 5.75 Å². The fraction of sp³-hybridized carbons (Fsp3) is 0.261. The van der Waals surface area contributed by atoms with Gasteiger partial charge in [0.25, 0.3) is 11.1 Å². The number of nitrogens with one attached hydrogen (secondary N) is 1. The predicted octanol–water partition coefficient (Wildman–Crippen LogP) is 5.47. The van der Waals surface area contributed by atoms with Crippen molar-refractivity contribution in [2.75, 3.05) is 18.5 Å². The fourth-order valence-corrected chi connectivity index (χ4v) is 4.16. The minimum Gasteiger partial charge on any atom is -0.492 e. The number of carbonyl (C=O) groups excluding carboxylic acids is 3. The molecule has 0 bridgehead atoms. The van der Waals surface area contributed by atoms with Gasteiger partial charge < -0.3 is 10.1 Å². The number of halogens is 1. The number of anilines is 1. The first kappa shape index (κ1) is 23.1. The van der Waals surface area contributed by atoms with Crippen molar-refractivity contribution in [2.24, 2.45) is 5.92 Å². The molecular formula is C23H23BrN2O4S. The van der Waals surface area contributed by atoms with Crippen molar-refractivity contribution in [3.05, 3.63) is 63.0 Å². The molecule has 2 aromatic rings. The second-order valence-corrected chi connectivity index (χ2v) is 9.37. The van der Waals surface area contributed by atoms with Crippen LogP contribution in [-0.4, -0.2) is 35.1 Å². The number of hydrogen-bond acceptors (Lipinski definition) is 5. The molecule has 2 aromatic carbocycles. The number of amides is 3. The summed E-state index contributed by atoms with van der Waals surface area (Å²) in [6.07, 6.45) is 1.64. The summed E-state index contributed by atoms with van der Waals surface area (Å²) in [5.74, 6) is 0.214. The van der Waals surface area contributed by atoms with E-state index < -0.39 is 17.1 Å². The smallest absolute Gasteiger partial charge is 0.294 e. The molecular weight excluding hydrogens is 480 g/mol. The van der Waals surface area contributed by atoms with Crippen molar-refractivity contribution < 1.29 is 19.1 Å². The Bertz CT molecular complexity index is 1050. The first-order chi connectivity index (χ1) is 14.7. The fourth-order valence-electron chi connectivity index (χ4n) is 2.81. The zero-order chi connectivity index (χ0) is 22.5. The van der Waals surface area contributed by atoms with Gasteiger partial charge in [-0.2, -0.15) is 0 Å². The summed E-state index contributed by atoms with van der Waals surface area (Å²) in [7, 11) is 0. The van der Waals surface area contributed by atoms with Crippen molar-refractivity contribution in [2.45, 2.75) is 20.8 Å². The molecule has 1 N–H and O–H groups in total. The average Bonchev–Trinajstić information content (AvgIpc) is 2.96. The van der Waals surface area contributed by atoms with Gasteiger partial charge in [0.05, 0.1) is 16.0 Å². The lowest BCUT2D eigenvalue weighted by molar-refractivity contribution is -0.127. The van der Waals surface area contributed by atoms with Gasteiger partial charge in [-0.3, -0.25) is 19.3 Å². The van der Waals surface area contributed by atoms with Gasteiger partial charge in [-0.15, -0.1) is 0 Å². The Morgan fingerprint density at radius 1 is 1.23 bits per heavy atom. The summed E-state index contributed by atoms with van der Waals surface area (Å²) >= 11 is 4.30. The molecule has 1 heterocycles. The molecule has 1 saturated heterocycles.